The van der Waals surface area contributed by atoms with Crippen LogP contribution in [0.15, 0.2) is 0 Å². The van der Waals surface area contributed by atoms with Gasteiger partial charge in [-0.15, -0.1) is 0 Å². The van der Waals surface area contributed by atoms with Crippen molar-refractivity contribution < 1.29 is 43.9 Å². The van der Waals surface area contributed by atoms with Crippen molar-refractivity contribution in [2.24, 2.45) is 5.41 Å². The van der Waals surface area contributed by atoms with Gasteiger partial charge in [-0.1, -0.05) is 6.92 Å². The van der Waals surface area contributed by atoms with Crippen molar-refractivity contribution >= 4 is 7.60 Å². The van der Waals surface area contributed by atoms with Gasteiger partial charge in [0, 0.05) is 0 Å². The van der Waals surface area contributed by atoms with Crippen LogP contribution in [0.3, 0.4) is 0 Å². The lowest BCUT2D eigenvalue weighted by atomic mass is 9.90. The van der Waals surface area contributed by atoms with E-state index in [2.05, 4.69) is 0 Å². The van der Waals surface area contributed by atoms with Gasteiger partial charge >= 0.3 is 7.60 Å². The minimum atomic E-state index is -4.47. The van der Waals surface area contributed by atoms with Crippen LogP contribution in [0.5, 0.6) is 0 Å². The number of ether oxygens (including phenoxy) is 3. The van der Waals surface area contributed by atoms with Crippen molar-refractivity contribution in [1.29, 1.82) is 0 Å². The standard InChI is InChI=1S/C18H39O9P/c1-8-17(7,15(4)21)26-12-18(9-19,10-20)11-25-13(2)14(3)27-16(5,6)28(22,23)24/h13-15,19-21H,8-12H2,1-7H3,(H2,22,23,24). The van der Waals surface area contributed by atoms with Gasteiger partial charge in [0.2, 0.25) is 0 Å². The second-order valence-electron chi connectivity index (χ2n) is 8.28. The molecule has 0 rings (SSSR count). The largest absolute Gasteiger partial charge is 0.396 e. The fourth-order valence-corrected chi connectivity index (χ4v) is 2.48. The SMILES string of the molecule is CCC(C)(OCC(CO)(CO)COC(C)C(C)OC(C)(C)P(=O)(O)O)C(C)O. The van der Waals surface area contributed by atoms with E-state index in [9.17, 15) is 29.7 Å². The Morgan fingerprint density at radius 2 is 1.46 bits per heavy atom. The van der Waals surface area contributed by atoms with Gasteiger partial charge in [-0.3, -0.25) is 4.57 Å². The molecule has 0 aromatic carbocycles. The van der Waals surface area contributed by atoms with Crippen molar-refractivity contribution in [3.05, 3.63) is 0 Å². The molecule has 0 aliphatic heterocycles. The van der Waals surface area contributed by atoms with Gasteiger partial charge in [0.1, 0.15) is 0 Å². The predicted octanol–water partition coefficient (Wildman–Crippen LogP) is 1.25. The van der Waals surface area contributed by atoms with Crippen LogP contribution in [-0.4, -0.2) is 80.8 Å². The van der Waals surface area contributed by atoms with Gasteiger partial charge in [0.25, 0.3) is 0 Å². The Labute approximate surface area is 168 Å². The molecule has 5 N–H and O–H groups in total. The van der Waals surface area contributed by atoms with Crippen molar-refractivity contribution in [2.75, 3.05) is 26.4 Å². The molecule has 9 nitrogen and oxygen atoms in total. The van der Waals surface area contributed by atoms with E-state index >= 15 is 0 Å². The Bertz CT molecular complexity index is 501. The molecule has 4 atom stereocenters. The van der Waals surface area contributed by atoms with Crippen molar-refractivity contribution in [3.63, 3.8) is 0 Å². The van der Waals surface area contributed by atoms with Crippen molar-refractivity contribution in [2.45, 2.75) is 84.1 Å². The lowest BCUT2D eigenvalue weighted by molar-refractivity contribution is -0.172. The zero-order valence-corrected chi connectivity index (χ0v) is 19.0. The topological polar surface area (TPSA) is 146 Å². The second-order valence-corrected chi connectivity index (χ2v) is 10.4. The summed E-state index contributed by atoms with van der Waals surface area (Å²) in [7, 11) is -4.47. The molecule has 0 amide bonds. The van der Waals surface area contributed by atoms with Crippen LogP contribution in [0.1, 0.15) is 54.9 Å². The minimum Gasteiger partial charge on any atom is -0.396 e. The van der Waals surface area contributed by atoms with Crippen LogP contribution in [-0.2, 0) is 18.8 Å². The highest BCUT2D eigenvalue weighted by atomic mass is 31.2. The Morgan fingerprint density at radius 3 is 1.82 bits per heavy atom. The van der Waals surface area contributed by atoms with E-state index in [-0.39, 0.29) is 13.2 Å². The van der Waals surface area contributed by atoms with Crippen LogP contribution in [0.25, 0.3) is 0 Å². The van der Waals surface area contributed by atoms with E-state index in [1.165, 1.54) is 13.8 Å². The summed E-state index contributed by atoms with van der Waals surface area (Å²) in [5, 5.41) is 27.9. The third-order valence-electron chi connectivity index (χ3n) is 5.45. The Kier molecular flexibility index (Phi) is 10.8. The second kappa shape index (κ2) is 10.8. The normalized spacial score (nSPS) is 19.1. The molecule has 0 fully saturated rings. The quantitative estimate of drug-likeness (QED) is 0.257. The average molecular weight is 430 g/mol. The molecule has 0 heterocycles. The number of aliphatic hydroxyl groups excluding tert-OH is 3. The van der Waals surface area contributed by atoms with Crippen molar-refractivity contribution in [3.8, 4) is 0 Å². The van der Waals surface area contributed by atoms with E-state index in [0.29, 0.717) is 6.42 Å². The predicted molar refractivity (Wildman–Crippen MR) is 105 cm³/mol. The number of hydrogen-bond acceptors (Lipinski definition) is 7. The first kappa shape index (κ1) is 27.9. The molecule has 0 aromatic heterocycles. The fraction of sp³-hybridized carbons (Fsp3) is 1.00. The minimum absolute atomic E-state index is 0.0365. The summed E-state index contributed by atoms with van der Waals surface area (Å²) in [5.41, 5.74) is -1.93. The molecule has 0 spiro atoms. The molecule has 0 aromatic rings. The van der Waals surface area contributed by atoms with Crippen LogP contribution >= 0.6 is 7.60 Å². The molecule has 0 aliphatic carbocycles. The highest BCUT2D eigenvalue weighted by Gasteiger charge is 2.42. The maximum atomic E-state index is 11.5. The third kappa shape index (κ3) is 7.63. The Balaban J connectivity index is 5.00. The van der Waals surface area contributed by atoms with Crippen LogP contribution < -0.4 is 0 Å². The lowest BCUT2D eigenvalue weighted by Gasteiger charge is -2.38. The summed E-state index contributed by atoms with van der Waals surface area (Å²) in [4.78, 5) is 18.7. The molecule has 10 heteroatoms. The fourth-order valence-electron chi connectivity index (χ4n) is 2.17. The summed E-state index contributed by atoms with van der Waals surface area (Å²) in [6.45, 7) is 10.2. The molecule has 0 radical (unpaired) electrons. The maximum absolute atomic E-state index is 11.5. The molecule has 4 unspecified atom stereocenters. The number of aliphatic hydroxyl groups is 3. The molecule has 170 valence electrons. The van der Waals surface area contributed by atoms with E-state index in [0.717, 1.165) is 0 Å². The molecular weight excluding hydrogens is 391 g/mol. The van der Waals surface area contributed by atoms with Crippen LogP contribution in [0, 0.1) is 5.41 Å². The summed E-state index contributed by atoms with van der Waals surface area (Å²) in [5.74, 6) is 0. The number of hydrogen-bond donors (Lipinski definition) is 5. The summed E-state index contributed by atoms with van der Waals surface area (Å²) < 4.78 is 28.5. The van der Waals surface area contributed by atoms with Crippen molar-refractivity contribution in [1.82, 2.24) is 0 Å². The Morgan fingerprint density at radius 1 is 0.964 bits per heavy atom. The van der Waals surface area contributed by atoms with E-state index in [4.69, 9.17) is 14.2 Å². The van der Waals surface area contributed by atoms with Gasteiger partial charge in [-0.2, -0.15) is 0 Å². The van der Waals surface area contributed by atoms with Gasteiger partial charge < -0.3 is 39.3 Å². The van der Waals surface area contributed by atoms with Gasteiger partial charge in [0.15, 0.2) is 5.34 Å². The van der Waals surface area contributed by atoms with Crippen LogP contribution in [0.2, 0.25) is 0 Å². The van der Waals surface area contributed by atoms with Gasteiger partial charge in [-0.25, -0.2) is 0 Å². The molecule has 0 saturated carbocycles. The zero-order valence-electron chi connectivity index (χ0n) is 18.1. The third-order valence-corrected chi connectivity index (χ3v) is 6.96. The first-order valence-corrected chi connectivity index (χ1v) is 11.1. The van der Waals surface area contributed by atoms with Gasteiger partial charge in [0.05, 0.1) is 55.8 Å². The Hall–Kier alpha value is -0.0900. The summed E-state index contributed by atoms with van der Waals surface area (Å²) in [6, 6.07) is 0. The molecule has 28 heavy (non-hydrogen) atoms. The van der Waals surface area contributed by atoms with E-state index in [1.54, 1.807) is 27.7 Å². The number of rotatable bonds is 14. The summed E-state index contributed by atoms with van der Waals surface area (Å²) >= 11 is 0. The highest BCUT2D eigenvalue weighted by molar-refractivity contribution is 7.53. The molecule has 0 bridgehead atoms. The smallest absolute Gasteiger partial charge is 0.356 e. The highest BCUT2D eigenvalue weighted by Crippen LogP contribution is 2.51. The van der Waals surface area contributed by atoms with Crippen LogP contribution in [0.4, 0.5) is 0 Å². The van der Waals surface area contributed by atoms with E-state index in [1.807, 2.05) is 6.92 Å². The molecule has 0 aliphatic rings. The summed E-state index contributed by atoms with van der Waals surface area (Å²) in [6.07, 6.45) is -1.43. The molecular formula is C18H39O9P. The van der Waals surface area contributed by atoms with Gasteiger partial charge in [-0.05, 0) is 48.0 Å². The molecule has 0 saturated heterocycles. The van der Waals surface area contributed by atoms with E-state index < -0.39 is 55.5 Å². The lowest BCUT2D eigenvalue weighted by Crippen LogP contribution is -2.48. The first-order chi connectivity index (χ1) is 12.6. The maximum Gasteiger partial charge on any atom is 0.356 e. The average Bonchev–Trinajstić information content (AvgIpc) is 2.60. The first-order valence-electron chi connectivity index (χ1n) is 9.48. The zero-order chi connectivity index (χ0) is 22.4. The monoisotopic (exact) mass is 430 g/mol.